The fourth-order valence-corrected chi connectivity index (χ4v) is 9.66. The number of aliphatic hydroxyl groups excluding tert-OH is 1. The van der Waals surface area contributed by atoms with Crippen LogP contribution in [0.15, 0.2) is 42.1 Å². The molecule has 0 unspecified atom stereocenters. The molecule has 0 aromatic carbocycles. The highest BCUT2D eigenvalue weighted by molar-refractivity contribution is 8.00. The van der Waals surface area contributed by atoms with E-state index in [1.807, 2.05) is 42.1 Å². The summed E-state index contributed by atoms with van der Waals surface area (Å²) in [7, 11) is 0. The highest BCUT2D eigenvalue weighted by Gasteiger charge is 2.68. The highest BCUT2D eigenvalue weighted by atomic mass is 32.2. The standard InChI is InChI=1S/C34H48N2O5S/c1-6-32(4)19-27(33(5)22(2)11-15-34(23(3)31(32)40)16-12-26(37)30(33)34)41-29(39)21-42-25-13-17-36(18-14-25)20-28(38)35-24-9-7-8-10-24/h6,13-14,17-18,22-24,27,30-31,40H,1,7-12,15-16,19-21H2,2-5H3/p+1/t22-,23+,27-,30+,31+,32-,33+,34+/m1/s1. The topological polar surface area (TPSA) is 96.6 Å². The van der Waals surface area contributed by atoms with E-state index in [0.29, 0.717) is 18.9 Å². The fraction of sp³-hybridized carbons (Fsp3) is 0.706. The zero-order valence-electron chi connectivity index (χ0n) is 25.8. The number of carbonyl (C=O) groups is 3. The van der Waals surface area contributed by atoms with E-state index in [0.717, 1.165) is 37.0 Å². The lowest BCUT2D eigenvalue weighted by Gasteiger charge is -2.61. The van der Waals surface area contributed by atoms with Gasteiger partial charge in [0.05, 0.1) is 11.9 Å². The molecule has 1 amide bonds. The van der Waals surface area contributed by atoms with Crippen LogP contribution in [0.1, 0.15) is 85.5 Å². The number of thioether (sulfide) groups is 1. The molecule has 5 rings (SSSR count). The van der Waals surface area contributed by atoms with E-state index in [4.69, 9.17) is 4.74 Å². The van der Waals surface area contributed by atoms with Gasteiger partial charge >= 0.3 is 5.97 Å². The highest BCUT2D eigenvalue weighted by Crippen LogP contribution is 2.68. The molecule has 0 aliphatic heterocycles. The molecule has 1 aromatic rings. The van der Waals surface area contributed by atoms with E-state index in [1.165, 1.54) is 24.6 Å². The van der Waals surface area contributed by atoms with Gasteiger partial charge in [0.25, 0.3) is 5.91 Å². The lowest BCUT2D eigenvalue weighted by Crippen LogP contribution is -2.63. The predicted molar refractivity (Wildman–Crippen MR) is 162 cm³/mol. The quantitative estimate of drug-likeness (QED) is 0.189. The predicted octanol–water partition coefficient (Wildman–Crippen LogP) is 5.03. The molecule has 1 aromatic heterocycles. The number of ether oxygens (including phenoxy) is 1. The molecule has 4 fully saturated rings. The van der Waals surface area contributed by atoms with Crippen LogP contribution in [-0.2, 0) is 25.7 Å². The first-order valence-corrected chi connectivity index (χ1v) is 16.9. The number of esters is 1. The van der Waals surface area contributed by atoms with E-state index >= 15 is 0 Å². The molecule has 230 valence electrons. The summed E-state index contributed by atoms with van der Waals surface area (Å²) in [6.45, 7) is 12.9. The van der Waals surface area contributed by atoms with Gasteiger partial charge in [-0.2, -0.15) is 4.57 Å². The van der Waals surface area contributed by atoms with Crippen LogP contribution in [0.25, 0.3) is 0 Å². The smallest absolute Gasteiger partial charge is 0.316 e. The Morgan fingerprint density at radius 1 is 1.17 bits per heavy atom. The lowest BCUT2D eigenvalue weighted by molar-refractivity contribution is -0.684. The van der Waals surface area contributed by atoms with E-state index in [2.05, 4.69) is 32.7 Å². The molecule has 8 heteroatoms. The van der Waals surface area contributed by atoms with Crippen LogP contribution in [0.3, 0.4) is 0 Å². The van der Waals surface area contributed by atoms with Crippen molar-refractivity contribution in [3.63, 3.8) is 0 Å². The molecule has 4 aliphatic rings. The van der Waals surface area contributed by atoms with Crippen molar-refractivity contribution in [3.05, 3.63) is 37.2 Å². The summed E-state index contributed by atoms with van der Waals surface area (Å²) in [4.78, 5) is 40.3. The molecule has 1 heterocycles. The number of carbonyl (C=O) groups excluding carboxylic acids is 3. The third-order valence-corrected chi connectivity index (χ3v) is 12.8. The number of Topliss-reactive ketones (excluding diaryl/α,β-unsaturated/α-hetero) is 1. The Balaban J connectivity index is 1.28. The molecule has 4 saturated carbocycles. The number of nitrogens with one attached hydrogen (secondary N) is 1. The SMILES string of the molecule is C=C[C@]1(C)C[C@@H](OC(=O)CSc2cc[n+](CC(=O)NC3CCCC3)cc2)[C@]2(C)[C@H](C)CC[C@]3(CCC(=O)[C@H]32)[C@@H](C)[C@@H]1O. The maximum atomic E-state index is 13.6. The van der Waals surface area contributed by atoms with Gasteiger partial charge in [0.2, 0.25) is 6.54 Å². The van der Waals surface area contributed by atoms with Gasteiger partial charge in [-0.05, 0) is 55.8 Å². The van der Waals surface area contributed by atoms with Gasteiger partial charge in [-0.25, -0.2) is 0 Å². The molecule has 0 saturated heterocycles. The molecule has 42 heavy (non-hydrogen) atoms. The van der Waals surface area contributed by atoms with E-state index in [1.54, 1.807) is 0 Å². The van der Waals surface area contributed by atoms with Crippen molar-refractivity contribution in [1.29, 1.82) is 0 Å². The Labute approximate surface area is 255 Å². The Morgan fingerprint density at radius 3 is 2.52 bits per heavy atom. The van der Waals surface area contributed by atoms with Crippen LogP contribution in [0.2, 0.25) is 0 Å². The summed E-state index contributed by atoms with van der Waals surface area (Å²) in [5, 5.41) is 14.8. The zero-order chi connectivity index (χ0) is 30.3. The van der Waals surface area contributed by atoms with Crippen molar-refractivity contribution in [1.82, 2.24) is 5.32 Å². The van der Waals surface area contributed by atoms with Crippen LogP contribution in [-0.4, -0.2) is 46.8 Å². The van der Waals surface area contributed by atoms with Gasteiger partial charge in [0, 0.05) is 46.2 Å². The lowest BCUT2D eigenvalue weighted by atomic mass is 9.44. The first-order chi connectivity index (χ1) is 19.9. The van der Waals surface area contributed by atoms with Gasteiger partial charge < -0.3 is 15.2 Å². The van der Waals surface area contributed by atoms with Crippen molar-refractivity contribution in [3.8, 4) is 0 Å². The van der Waals surface area contributed by atoms with Gasteiger partial charge in [-0.15, -0.1) is 18.3 Å². The number of ketones is 1. The minimum atomic E-state index is -0.673. The third-order valence-electron chi connectivity index (χ3n) is 11.8. The van der Waals surface area contributed by atoms with E-state index in [9.17, 15) is 19.5 Å². The first-order valence-electron chi connectivity index (χ1n) is 15.9. The second-order valence-electron chi connectivity index (χ2n) is 14.1. The number of rotatable bonds is 8. The number of aromatic nitrogens is 1. The number of hydrogen-bond acceptors (Lipinski definition) is 6. The summed E-state index contributed by atoms with van der Waals surface area (Å²) in [6.07, 6.45) is 12.5. The minimum Gasteiger partial charge on any atom is -0.461 e. The summed E-state index contributed by atoms with van der Waals surface area (Å²) in [5.74, 6) is 0.0313. The molecule has 4 aliphatic carbocycles. The van der Waals surface area contributed by atoms with Gasteiger partial charge in [0.1, 0.15) is 11.9 Å². The molecule has 2 N–H and O–H groups in total. The zero-order valence-corrected chi connectivity index (χ0v) is 26.6. The van der Waals surface area contributed by atoms with Crippen LogP contribution < -0.4 is 9.88 Å². The normalized spacial score (nSPS) is 38.3. The minimum absolute atomic E-state index is 0.0244. The third kappa shape index (κ3) is 5.58. The van der Waals surface area contributed by atoms with Crippen LogP contribution in [0.5, 0.6) is 0 Å². The fourth-order valence-electron chi connectivity index (χ4n) is 8.99. The first kappa shape index (κ1) is 31.2. The Hall–Kier alpha value is -2.19. The Morgan fingerprint density at radius 2 is 1.86 bits per heavy atom. The van der Waals surface area contributed by atoms with Crippen molar-refractivity contribution < 1.29 is 28.8 Å². The summed E-state index contributed by atoms with van der Waals surface area (Å²) in [5.41, 5.74) is -1.44. The van der Waals surface area contributed by atoms with Crippen molar-refractivity contribution in [2.24, 2.45) is 34.0 Å². The van der Waals surface area contributed by atoms with E-state index < -0.39 is 23.0 Å². The number of pyridine rings is 1. The summed E-state index contributed by atoms with van der Waals surface area (Å²) in [6, 6.07) is 4.13. The van der Waals surface area contributed by atoms with Crippen molar-refractivity contribution in [2.75, 3.05) is 5.75 Å². The largest absolute Gasteiger partial charge is 0.461 e. The Kier molecular flexibility index (Phi) is 8.98. The van der Waals surface area contributed by atoms with Crippen LogP contribution >= 0.6 is 11.8 Å². The Bertz CT molecular complexity index is 1200. The average Bonchev–Trinajstić information content (AvgIpc) is 3.61. The maximum absolute atomic E-state index is 13.6. The summed E-state index contributed by atoms with van der Waals surface area (Å²) < 4.78 is 8.20. The summed E-state index contributed by atoms with van der Waals surface area (Å²) >= 11 is 1.40. The van der Waals surface area contributed by atoms with Crippen LogP contribution in [0, 0.1) is 34.0 Å². The average molecular weight is 598 g/mol. The molecular weight excluding hydrogens is 548 g/mol. The van der Waals surface area contributed by atoms with Crippen molar-refractivity contribution in [2.45, 2.75) is 115 Å². The number of amides is 1. The monoisotopic (exact) mass is 597 g/mol. The van der Waals surface area contributed by atoms with Gasteiger partial charge in [-0.3, -0.25) is 14.4 Å². The van der Waals surface area contributed by atoms with Gasteiger partial charge in [0.15, 0.2) is 12.4 Å². The molecule has 2 bridgehead atoms. The van der Waals surface area contributed by atoms with E-state index in [-0.39, 0.29) is 53.1 Å². The van der Waals surface area contributed by atoms with Crippen LogP contribution in [0.4, 0.5) is 0 Å². The molecule has 7 nitrogen and oxygen atoms in total. The number of nitrogens with zero attached hydrogens (tertiary/aromatic N) is 1. The number of hydrogen-bond donors (Lipinski definition) is 2. The molecule has 8 atom stereocenters. The van der Waals surface area contributed by atoms with Gasteiger partial charge in [-0.1, -0.05) is 46.6 Å². The molecule has 0 spiro atoms. The maximum Gasteiger partial charge on any atom is 0.316 e. The van der Waals surface area contributed by atoms with Crippen molar-refractivity contribution >= 4 is 29.4 Å². The number of aliphatic hydroxyl groups is 1. The second kappa shape index (κ2) is 12.1. The molecular formula is C34H49N2O5S+. The molecule has 0 radical (unpaired) electrons. The second-order valence-corrected chi connectivity index (χ2v) is 15.2.